The number of imide groups is 1. The number of methoxy groups -OCH3 is 2. The number of halogens is 1. The average Bonchev–Trinajstić information content (AvgIpc) is 2.93. The molecule has 28 heavy (non-hydrogen) atoms. The van der Waals surface area contributed by atoms with Crippen molar-refractivity contribution in [2.75, 3.05) is 32.7 Å². The Morgan fingerprint density at radius 2 is 1.75 bits per heavy atom. The molecule has 0 bridgehead atoms. The first-order valence-electron chi connectivity index (χ1n) is 8.73. The van der Waals surface area contributed by atoms with Gasteiger partial charge in [-0.25, -0.2) is 0 Å². The Kier molecular flexibility index (Phi) is 6.02. The molecule has 0 aromatic heterocycles. The summed E-state index contributed by atoms with van der Waals surface area (Å²) in [7, 11) is 3.09. The molecular weight excluding hydrogens is 380 g/mol. The number of hydrogen-bond donors (Lipinski definition) is 1. The minimum atomic E-state index is -0.399. The van der Waals surface area contributed by atoms with Gasteiger partial charge in [-0.05, 0) is 42.3 Å². The molecule has 0 radical (unpaired) electrons. The van der Waals surface area contributed by atoms with Crippen molar-refractivity contribution >= 4 is 34.7 Å². The number of nitrogens with zero attached hydrogens (tertiary/aromatic N) is 1. The lowest BCUT2D eigenvalue weighted by Crippen LogP contribution is -2.35. The summed E-state index contributed by atoms with van der Waals surface area (Å²) in [5, 5.41) is 3.66. The van der Waals surface area contributed by atoms with Gasteiger partial charge in [-0.1, -0.05) is 29.8 Å². The molecule has 0 fully saturated rings. The van der Waals surface area contributed by atoms with E-state index >= 15 is 0 Å². The van der Waals surface area contributed by atoms with Crippen molar-refractivity contribution in [3.8, 4) is 5.75 Å². The average molecular weight is 401 g/mol. The summed E-state index contributed by atoms with van der Waals surface area (Å²) in [5.74, 6) is -0.102. The SMILES string of the molecule is COCCN1C(=O)C(Nc2ccc(C)c(Cl)c2)=C(c2ccc(OC)cc2)C1=O. The van der Waals surface area contributed by atoms with E-state index in [1.165, 1.54) is 12.0 Å². The van der Waals surface area contributed by atoms with E-state index in [4.69, 9.17) is 21.1 Å². The highest BCUT2D eigenvalue weighted by molar-refractivity contribution is 6.36. The molecule has 1 aliphatic heterocycles. The second-order valence-corrected chi connectivity index (χ2v) is 6.73. The predicted molar refractivity (Wildman–Crippen MR) is 108 cm³/mol. The second kappa shape index (κ2) is 8.46. The Morgan fingerprint density at radius 1 is 1.04 bits per heavy atom. The molecule has 0 saturated carbocycles. The number of rotatable bonds is 7. The van der Waals surface area contributed by atoms with E-state index in [1.807, 2.05) is 19.1 Å². The molecule has 0 spiro atoms. The van der Waals surface area contributed by atoms with E-state index in [2.05, 4.69) is 5.32 Å². The van der Waals surface area contributed by atoms with E-state index < -0.39 is 5.91 Å². The molecule has 1 aliphatic rings. The van der Waals surface area contributed by atoms with Gasteiger partial charge >= 0.3 is 0 Å². The molecule has 0 atom stereocenters. The van der Waals surface area contributed by atoms with Crippen LogP contribution < -0.4 is 10.1 Å². The van der Waals surface area contributed by atoms with Crippen LogP contribution in [0.4, 0.5) is 5.69 Å². The lowest BCUT2D eigenvalue weighted by atomic mass is 10.0. The minimum Gasteiger partial charge on any atom is -0.497 e. The molecule has 146 valence electrons. The summed E-state index contributed by atoms with van der Waals surface area (Å²) in [5.41, 5.74) is 2.70. The Morgan fingerprint density at radius 3 is 2.36 bits per heavy atom. The summed E-state index contributed by atoms with van der Waals surface area (Å²) < 4.78 is 10.2. The van der Waals surface area contributed by atoms with Crippen LogP contribution in [0, 0.1) is 6.92 Å². The smallest absolute Gasteiger partial charge is 0.278 e. The summed E-state index contributed by atoms with van der Waals surface area (Å²) in [6, 6.07) is 12.4. The highest BCUT2D eigenvalue weighted by atomic mass is 35.5. The van der Waals surface area contributed by atoms with E-state index in [-0.39, 0.29) is 24.8 Å². The van der Waals surface area contributed by atoms with Gasteiger partial charge in [0.05, 0.1) is 25.8 Å². The van der Waals surface area contributed by atoms with Gasteiger partial charge in [0, 0.05) is 17.8 Å². The molecule has 0 unspecified atom stereocenters. The van der Waals surface area contributed by atoms with Crippen LogP contribution in [0.1, 0.15) is 11.1 Å². The molecule has 2 aromatic rings. The number of ether oxygens (including phenoxy) is 2. The second-order valence-electron chi connectivity index (χ2n) is 6.32. The summed E-state index contributed by atoms with van der Waals surface area (Å²) in [4.78, 5) is 27.1. The molecule has 1 N–H and O–H groups in total. The summed E-state index contributed by atoms with van der Waals surface area (Å²) in [6.45, 7) is 2.33. The van der Waals surface area contributed by atoms with Crippen LogP contribution in [0.3, 0.4) is 0 Å². The zero-order valence-corrected chi connectivity index (χ0v) is 16.7. The molecule has 7 heteroatoms. The van der Waals surface area contributed by atoms with Crippen molar-refractivity contribution in [1.29, 1.82) is 0 Å². The van der Waals surface area contributed by atoms with Gasteiger partial charge in [0.15, 0.2) is 0 Å². The van der Waals surface area contributed by atoms with Crippen LogP contribution >= 0.6 is 11.6 Å². The maximum atomic E-state index is 13.0. The number of nitrogens with one attached hydrogen (secondary N) is 1. The van der Waals surface area contributed by atoms with Crippen LogP contribution in [0.25, 0.3) is 5.57 Å². The first-order chi connectivity index (χ1) is 13.5. The third kappa shape index (κ3) is 3.88. The molecule has 1 heterocycles. The van der Waals surface area contributed by atoms with Gasteiger partial charge in [0.25, 0.3) is 11.8 Å². The topological polar surface area (TPSA) is 67.9 Å². The van der Waals surface area contributed by atoms with Crippen molar-refractivity contribution in [3.05, 3.63) is 64.3 Å². The number of hydrogen-bond acceptors (Lipinski definition) is 5. The maximum absolute atomic E-state index is 13.0. The van der Waals surface area contributed by atoms with Crippen molar-refractivity contribution < 1.29 is 19.1 Å². The maximum Gasteiger partial charge on any atom is 0.278 e. The zero-order chi connectivity index (χ0) is 20.3. The Balaban J connectivity index is 2.03. The monoisotopic (exact) mass is 400 g/mol. The van der Waals surface area contributed by atoms with Crippen LogP contribution in [-0.4, -0.2) is 44.1 Å². The number of aryl methyl sites for hydroxylation is 1. The van der Waals surface area contributed by atoms with E-state index in [0.29, 0.717) is 27.6 Å². The van der Waals surface area contributed by atoms with Crippen LogP contribution in [0.15, 0.2) is 48.2 Å². The first kappa shape index (κ1) is 19.9. The summed E-state index contributed by atoms with van der Waals surface area (Å²) in [6.07, 6.45) is 0. The third-order valence-electron chi connectivity index (χ3n) is 4.51. The molecular formula is C21H21ClN2O4. The number of benzene rings is 2. The van der Waals surface area contributed by atoms with Gasteiger partial charge in [0.2, 0.25) is 0 Å². The van der Waals surface area contributed by atoms with Crippen LogP contribution in [-0.2, 0) is 14.3 Å². The number of amides is 2. The van der Waals surface area contributed by atoms with Gasteiger partial charge in [0.1, 0.15) is 11.4 Å². The molecule has 2 amide bonds. The number of carbonyl (C=O) groups excluding carboxylic acids is 2. The fourth-order valence-corrected chi connectivity index (χ4v) is 3.10. The Bertz CT molecular complexity index is 938. The molecule has 2 aromatic carbocycles. The number of anilines is 1. The standard InChI is InChI=1S/C21H21ClN2O4/c1-13-4-7-15(12-17(13)22)23-19-18(14-5-8-16(28-3)9-6-14)20(25)24(21(19)26)10-11-27-2/h4-9,12,23H,10-11H2,1-3H3. The van der Waals surface area contributed by atoms with Crippen LogP contribution in [0.2, 0.25) is 5.02 Å². The van der Waals surface area contributed by atoms with Crippen molar-refractivity contribution in [1.82, 2.24) is 4.90 Å². The third-order valence-corrected chi connectivity index (χ3v) is 4.91. The largest absolute Gasteiger partial charge is 0.497 e. The van der Waals surface area contributed by atoms with Crippen molar-refractivity contribution in [2.45, 2.75) is 6.92 Å². The highest BCUT2D eigenvalue weighted by Gasteiger charge is 2.39. The Hall–Kier alpha value is -2.83. The fourth-order valence-electron chi connectivity index (χ4n) is 2.92. The van der Waals surface area contributed by atoms with Gasteiger partial charge in [-0.15, -0.1) is 0 Å². The minimum absolute atomic E-state index is 0.174. The van der Waals surface area contributed by atoms with E-state index in [9.17, 15) is 9.59 Å². The molecule has 6 nitrogen and oxygen atoms in total. The van der Waals surface area contributed by atoms with Crippen molar-refractivity contribution in [2.24, 2.45) is 0 Å². The van der Waals surface area contributed by atoms with E-state index in [0.717, 1.165) is 5.56 Å². The first-order valence-corrected chi connectivity index (χ1v) is 9.11. The normalized spacial score (nSPS) is 14.1. The predicted octanol–water partition coefficient (Wildman–Crippen LogP) is 3.50. The van der Waals surface area contributed by atoms with Crippen molar-refractivity contribution in [3.63, 3.8) is 0 Å². The lowest BCUT2D eigenvalue weighted by Gasteiger charge is -2.14. The van der Waals surface area contributed by atoms with E-state index in [1.54, 1.807) is 37.4 Å². The molecule has 0 aliphatic carbocycles. The highest BCUT2D eigenvalue weighted by Crippen LogP contribution is 2.32. The fraction of sp³-hybridized carbons (Fsp3) is 0.238. The summed E-state index contributed by atoms with van der Waals surface area (Å²) >= 11 is 6.20. The van der Waals surface area contributed by atoms with Crippen LogP contribution in [0.5, 0.6) is 5.75 Å². The Labute approximate surface area is 168 Å². The van der Waals surface area contributed by atoms with Gasteiger partial charge in [-0.2, -0.15) is 0 Å². The van der Waals surface area contributed by atoms with Gasteiger partial charge in [-0.3, -0.25) is 14.5 Å². The van der Waals surface area contributed by atoms with Gasteiger partial charge < -0.3 is 14.8 Å². The molecule has 0 saturated heterocycles. The zero-order valence-electron chi connectivity index (χ0n) is 15.9. The lowest BCUT2D eigenvalue weighted by molar-refractivity contribution is -0.137. The quantitative estimate of drug-likeness (QED) is 0.720. The number of carbonyl (C=O) groups is 2. The molecule has 3 rings (SSSR count).